The molecule has 2 bridgehead atoms. The second-order valence-electron chi connectivity index (χ2n) is 6.60. The SMILES string of the molecule is CN1C2CCC1CC(Oc1ccc3cc(C#N)ccc3c1)C2. The second-order valence-corrected chi connectivity index (χ2v) is 6.60. The highest BCUT2D eigenvalue weighted by atomic mass is 16.5. The zero-order valence-electron chi connectivity index (χ0n) is 12.8. The first-order chi connectivity index (χ1) is 10.7. The molecule has 0 radical (unpaired) electrons. The van der Waals surface area contributed by atoms with Crippen molar-refractivity contribution >= 4 is 10.8 Å². The van der Waals surface area contributed by atoms with E-state index in [1.807, 2.05) is 24.3 Å². The second kappa shape index (κ2) is 5.30. The van der Waals surface area contributed by atoms with E-state index in [0.717, 1.165) is 29.4 Å². The third-order valence-electron chi connectivity index (χ3n) is 5.30. The van der Waals surface area contributed by atoms with Gasteiger partial charge in [0.05, 0.1) is 11.6 Å². The van der Waals surface area contributed by atoms with Crippen LogP contribution in [0.25, 0.3) is 10.8 Å². The van der Waals surface area contributed by atoms with Gasteiger partial charge in [0.1, 0.15) is 11.9 Å². The summed E-state index contributed by atoms with van der Waals surface area (Å²) < 4.78 is 6.26. The van der Waals surface area contributed by atoms with Crippen LogP contribution in [0.15, 0.2) is 36.4 Å². The number of hydrogen-bond acceptors (Lipinski definition) is 3. The van der Waals surface area contributed by atoms with Crippen molar-refractivity contribution in [1.82, 2.24) is 4.90 Å². The molecule has 2 aliphatic heterocycles. The maximum absolute atomic E-state index is 8.97. The normalized spacial score (nSPS) is 27.7. The Morgan fingerprint density at radius 1 is 1.05 bits per heavy atom. The topological polar surface area (TPSA) is 36.3 Å². The molecular formula is C19H20N2O. The average molecular weight is 292 g/mol. The molecule has 2 aromatic rings. The molecule has 2 fully saturated rings. The summed E-state index contributed by atoms with van der Waals surface area (Å²) in [5.41, 5.74) is 0.702. The van der Waals surface area contributed by atoms with E-state index in [4.69, 9.17) is 10.00 Å². The van der Waals surface area contributed by atoms with Crippen molar-refractivity contribution in [2.75, 3.05) is 7.05 Å². The highest BCUT2D eigenvalue weighted by molar-refractivity contribution is 5.85. The molecule has 22 heavy (non-hydrogen) atoms. The average Bonchev–Trinajstić information content (AvgIpc) is 2.75. The molecule has 2 unspecified atom stereocenters. The maximum Gasteiger partial charge on any atom is 0.120 e. The van der Waals surface area contributed by atoms with E-state index in [-0.39, 0.29) is 0 Å². The van der Waals surface area contributed by atoms with Crippen molar-refractivity contribution in [1.29, 1.82) is 5.26 Å². The van der Waals surface area contributed by atoms with Crippen molar-refractivity contribution in [3.63, 3.8) is 0 Å². The molecule has 2 heterocycles. The molecule has 3 heteroatoms. The molecule has 2 saturated heterocycles. The van der Waals surface area contributed by atoms with Gasteiger partial charge in [-0.1, -0.05) is 12.1 Å². The fourth-order valence-corrected chi connectivity index (χ4v) is 4.02. The van der Waals surface area contributed by atoms with Gasteiger partial charge in [-0.05, 0) is 67.8 Å². The van der Waals surface area contributed by atoms with Gasteiger partial charge in [0.15, 0.2) is 0 Å². The first-order valence-corrected chi connectivity index (χ1v) is 8.05. The summed E-state index contributed by atoms with van der Waals surface area (Å²) in [5, 5.41) is 11.2. The minimum Gasteiger partial charge on any atom is -0.490 e. The summed E-state index contributed by atoms with van der Waals surface area (Å²) in [5.74, 6) is 0.950. The zero-order chi connectivity index (χ0) is 15.1. The van der Waals surface area contributed by atoms with Crippen LogP contribution in [-0.4, -0.2) is 30.1 Å². The molecule has 2 aromatic carbocycles. The van der Waals surface area contributed by atoms with Crippen LogP contribution in [0.1, 0.15) is 31.2 Å². The van der Waals surface area contributed by atoms with Crippen LogP contribution in [0.5, 0.6) is 5.75 Å². The molecular weight excluding hydrogens is 272 g/mol. The summed E-state index contributed by atoms with van der Waals surface area (Å²) in [4.78, 5) is 2.53. The van der Waals surface area contributed by atoms with Gasteiger partial charge in [0.25, 0.3) is 0 Å². The van der Waals surface area contributed by atoms with E-state index in [1.54, 1.807) is 0 Å². The smallest absolute Gasteiger partial charge is 0.120 e. The fourth-order valence-electron chi connectivity index (χ4n) is 4.02. The molecule has 0 saturated carbocycles. The van der Waals surface area contributed by atoms with Crippen LogP contribution in [0.4, 0.5) is 0 Å². The Labute approximate surface area is 131 Å². The first kappa shape index (κ1) is 13.6. The van der Waals surface area contributed by atoms with Gasteiger partial charge in [-0.2, -0.15) is 5.26 Å². The Kier molecular flexibility index (Phi) is 3.28. The summed E-state index contributed by atoms with van der Waals surface area (Å²) in [6, 6.07) is 15.5. The van der Waals surface area contributed by atoms with Crippen molar-refractivity contribution < 1.29 is 4.74 Å². The molecule has 2 atom stereocenters. The van der Waals surface area contributed by atoms with Gasteiger partial charge in [-0.3, -0.25) is 0 Å². The summed E-state index contributed by atoms with van der Waals surface area (Å²) >= 11 is 0. The van der Waals surface area contributed by atoms with Crippen LogP contribution in [0.2, 0.25) is 0 Å². The molecule has 0 aromatic heterocycles. The van der Waals surface area contributed by atoms with Crippen LogP contribution >= 0.6 is 0 Å². The molecule has 3 nitrogen and oxygen atoms in total. The predicted molar refractivity (Wildman–Crippen MR) is 86.9 cm³/mol. The zero-order valence-corrected chi connectivity index (χ0v) is 12.8. The Hall–Kier alpha value is -2.05. The van der Waals surface area contributed by atoms with Crippen LogP contribution in [-0.2, 0) is 0 Å². The van der Waals surface area contributed by atoms with Gasteiger partial charge in [-0.15, -0.1) is 0 Å². The molecule has 0 aliphatic carbocycles. The van der Waals surface area contributed by atoms with Crippen molar-refractivity contribution in [2.45, 2.75) is 43.9 Å². The summed E-state index contributed by atoms with van der Waals surface area (Å²) in [6.07, 6.45) is 5.24. The van der Waals surface area contributed by atoms with Crippen molar-refractivity contribution in [3.8, 4) is 11.8 Å². The number of ether oxygens (including phenoxy) is 1. The number of piperidine rings is 1. The third kappa shape index (κ3) is 2.34. The Bertz CT molecular complexity index is 735. The number of nitrogens with zero attached hydrogens (tertiary/aromatic N) is 2. The molecule has 112 valence electrons. The first-order valence-electron chi connectivity index (χ1n) is 8.05. The number of fused-ring (bicyclic) bond motifs is 3. The lowest BCUT2D eigenvalue weighted by atomic mass is 10.0. The molecule has 4 rings (SSSR count). The van der Waals surface area contributed by atoms with Gasteiger partial charge < -0.3 is 9.64 Å². The van der Waals surface area contributed by atoms with E-state index in [0.29, 0.717) is 23.8 Å². The van der Waals surface area contributed by atoms with E-state index in [2.05, 4.69) is 30.1 Å². The minimum atomic E-state index is 0.338. The Morgan fingerprint density at radius 3 is 2.45 bits per heavy atom. The quantitative estimate of drug-likeness (QED) is 0.846. The van der Waals surface area contributed by atoms with E-state index >= 15 is 0 Å². The van der Waals surface area contributed by atoms with Gasteiger partial charge >= 0.3 is 0 Å². The van der Waals surface area contributed by atoms with Crippen LogP contribution in [0, 0.1) is 11.3 Å². The number of rotatable bonds is 2. The van der Waals surface area contributed by atoms with Crippen LogP contribution < -0.4 is 4.74 Å². The lowest BCUT2D eigenvalue weighted by Gasteiger charge is -2.36. The van der Waals surface area contributed by atoms with Crippen LogP contribution in [0.3, 0.4) is 0 Å². The summed E-state index contributed by atoms with van der Waals surface area (Å²) in [6.45, 7) is 0. The number of hydrogen-bond donors (Lipinski definition) is 0. The van der Waals surface area contributed by atoms with Gasteiger partial charge in [-0.25, -0.2) is 0 Å². The minimum absolute atomic E-state index is 0.338. The fraction of sp³-hybridized carbons (Fsp3) is 0.421. The lowest BCUT2D eigenvalue weighted by Crippen LogP contribution is -2.43. The Morgan fingerprint density at radius 2 is 1.73 bits per heavy atom. The monoisotopic (exact) mass is 292 g/mol. The van der Waals surface area contributed by atoms with E-state index in [9.17, 15) is 0 Å². The molecule has 2 aliphatic rings. The maximum atomic E-state index is 8.97. The highest BCUT2D eigenvalue weighted by Crippen LogP contribution is 2.36. The molecule has 0 N–H and O–H groups in total. The third-order valence-corrected chi connectivity index (χ3v) is 5.30. The predicted octanol–water partition coefficient (Wildman–Crippen LogP) is 3.72. The Balaban J connectivity index is 1.54. The molecule has 0 spiro atoms. The van der Waals surface area contributed by atoms with E-state index < -0.39 is 0 Å². The lowest BCUT2D eigenvalue weighted by molar-refractivity contribution is 0.0662. The van der Waals surface area contributed by atoms with E-state index in [1.165, 1.54) is 12.8 Å². The highest BCUT2D eigenvalue weighted by Gasteiger charge is 2.39. The number of nitriles is 1. The summed E-state index contributed by atoms with van der Waals surface area (Å²) in [7, 11) is 2.25. The van der Waals surface area contributed by atoms with Crippen molar-refractivity contribution in [3.05, 3.63) is 42.0 Å². The van der Waals surface area contributed by atoms with Gasteiger partial charge in [0, 0.05) is 12.1 Å². The largest absolute Gasteiger partial charge is 0.490 e. The number of benzene rings is 2. The standard InChI is InChI=1S/C19H20N2O/c1-21-16-5-6-17(21)11-19(10-16)22-18-7-4-14-8-13(12-20)2-3-15(14)9-18/h2-4,7-9,16-17,19H,5-6,10-11H2,1H3. The van der Waals surface area contributed by atoms with Gasteiger partial charge in [0.2, 0.25) is 0 Å². The molecule has 0 amide bonds. The van der Waals surface area contributed by atoms with Crippen molar-refractivity contribution in [2.24, 2.45) is 0 Å².